The average molecular weight is 419 g/mol. The van der Waals surface area contributed by atoms with Crippen LogP contribution in [0.1, 0.15) is 32.8 Å². The van der Waals surface area contributed by atoms with E-state index in [2.05, 4.69) is 26.6 Å². The Morgan fingerprint density at radius 2 is 1.65 bits per heavy atom. The molecular weight excluding hydrogens is 396 g/mol. The molecule has 0 aliphatic heterocycles. The third-order valence-electron chi connectivity index (χ3n) is 3.39. The Bertz CT molecular complexity index is 767. The van der Waals surface area contributed by atoms with E-state index in [1.165, 1.54) is 0 Å². The van der Waals surface area contributed by atoms with Gasteiger partial charge < -0.3 is 15.4 Å². The number of benzene rings is 2. The molecule has 2 aromatic rings. The number of hydrogen-bond acceptors (Lipinski definition) is 3. The third kappa shape index (κ3) is 6.88. The zero-order chi connectivity index (χ0) is 19.2. The Kier molecular flexibility index (Phi) is 6.80. The van der Waals surface area contributed by atoms with E-state index >= 15 is 0 Å². The van der Waals surface area contributed by atoms with Gasteiger partial charge in [0.15, 0.2) is 0 Å². The standard InChI is InChI=1S/C20H23BrN2O3/c1-20(2,3)26-18(24)13-8-14-6-4-5-7-17(14)23-19(25)22-16-11-9-15(21)10-12-16/h4-7,9-12H,8,13H2,1-3H3,(H2,22,23,25). The van der Waals surface area contributed by atoms with Crippen molar-refractivity contribution in [3.8, 4) is 0 Å². The molecule has 0 radical (unpaired) electrons. The first-order chi connectivity index (χ1) is 12.2. The molecule has 0 saturated heterocycles. The summed E-state index contributed by atoms with van der Waals surface area (Å²) in [5, 5.41) is 5.61. The Labute approximate surface area is 162 Å². The number of rotatable bonds is 5. The van der Waals surface area contributed by atoms with Crippen LogP contribution in [0.3, 0.4) is 0 Å². The fourth-order valence-corrected chi connectivity index (χ4v) is 2.57. The highest BCUT2D eigenvalue weighted by atomic mass is 79.9. The summed E-state index contributed by atoms with van der Waals surface area (Å²) in [5.41, 5.74) is 1.74. The zero-order valence-corrected chi connectivity index (χ0v) is 16.7. The lowest BCUT2D eigenvalue weighted by Crippen LogP contribution is -2.24. The van der Waals surface area contributed by atoms with Gasteiger partial charge in [0.2, 0.25) is 0 Å². The van der Waals surface area contributed by atoms with Crippen molar-refractivity contribution in [2.75, 3.05) is 10.6 Å². The van der Waals surface area contributed by atoms with Crippen molar-refractivity contribution >= 4 is 39.3 Å². The summed E-state index contributed by atoms with van der Waals surface area (Å²) in [4.78, 5) is 24.1. The summed E-state index contributed by atoms with van der Waals surface area (Å²) in [6.45, 7) is 5.52. The highest BCUT2D eigenvalue weighted by Gasteiger charge is 2.16. The molecule has 0 aliphatic carbocycles. The molecule has 0 heterocycles. The molecular formula is C20H23BrN2O3. The lowest BCUT2D eigenvalue weighted by atomic mass is 10.1. The van der Waals surface area contributed by atoms with Gasteiger partial charge in [0.25, 0.3) is 0 Å². The molecule has 2 aromatic carbocycles. The van der Waals surface area contributed by atoms with Crippen molar-refractivity contribution in [3.63, 3.8) is 0 Å². The number of ether oxygens (including phenoxy) is 1. The first kappa shape index (κ1) is 20.0. The Morgan fingerprint density at radius 3 is 2.31 bits per heavy atom. The molecule has 0 fully saturated rings. The Morgan fingerprint density at radius 1 is 1.00 bits per heavy atom. The van der Waals surface area contributed by atoms with Gasteiger partial charge in [-0.2, -0.15) is 0 Å². The molecule has 0 bridgehead atoms. The second kappa shape index (κ2) is 8.85. The smallest absolute Gasteiger partial charge is 0.323 e. The minimum atomic E-state index is -0.501. The highest BCUT2D eigenvalue weighted by molar-refractivity contribution is 9.10. The van der Waals surface area contributed by atoms with E-state index in [4.69, 9.17) is 4.74 Å². The summed E-state index contributed by atoms with van der Waals surface area (Å²) in [5.74, 6) is -0.258. The quantitative estimate of drug-likeness (QED) is 0.641. The number of aryl methyl sites for hydroxylation is 1. The molecule has 2 amide bonds. The predicted molar refractivity (Wildman–Crippen MR) is 107 cm³/mol. The third-order valence-corrected chi connectivity index (χ3v) is 3.91. The summed E-state index contributed by atoms with van der Waals surface area (Å²) in [7, 11) is 0. The molecule has 138 valence electrons. The maximum Gasteiger partial charge on any atom is 0.323 e. The minimum Gasteiger partial charge on any atom is -0.460 e. The monoisotopic (exact) mass is 418 g/mol. The lowest BCUT2D eigenvalue weighted by Gasteiger charge is -2.19. The fourth-order valence-electron chi connectivity index (χ4n) is 2.31. The second-order valence-electron chi connectivity index (χ2n) is 6.83. The number of carbonyl (C=O) groups is 2. The molecule has 5 nitrogen and oxygen atoms in total. The van der Waals surface area contributed by atoms with Crippen molar-refractivity contribution < 1.29 is 14.3 Å². The molecule has 0 saturated carbocycles. The number of carbonyl (C=O) groups excluding carboxylic acids is 2. The van der Waals surface area contributed by atoms with E-state index in [0.717, 1.165) is 10.0 Å². The van der Waals surface area contributed by atoms with Gasteiger partial charge in [-0.15, -0.1) is 0 Å². The summed E-state index contributed by atoms with van der Waals surface area (Å²) >= 11 is 3.36. The lowest BCUT2D eigenvalue weighted by molar-refractivity contribution is -0.154. The van der Waals surface area contributed by atoms with Gasteiger partial charge in [0.05, 0.1) is 0 Å². The molecule has 2 rings (SSSR count). The van der Waals surface area contributed by atoms with E-state index in [9.17, 15) is 9.59 Å². The van der Waals surface area contributed by atoms with Gasteiger partial charge in [0.1, 0.15) is 5.60 Å². The van der Waals surface area contributed by atoms with Crippen LogP contribution in [0, 0.1) is 0 Å². The molecule has 0 unspecified atom stereocenters. The number of amides is 2. The normalized spacial score (nSPS) is 10.9. The second-order valence-corrected chi connectivity index (χ2v) is 7.75. The summed E-state index contributed by atoms with van der Waals surface area (Å²) in [6.07, 6.45) is 0.744. The first-order valence-corrected chi connectivity index (χ1v) is 9.15. The number of para-hydroxylation sites is 1. The number of halogens is 1. The van der Waals surface area contributed by atoms with Crippen molar-refractivity contribution in [2.24, 2.45) is 0 Å². The molecule has 0 aromatic heterocycles. The molecule has 0 aliphatic rings. The SMILES string of the molecule is CC(C)(C)OC(=O)CCc1ccccc1NC(=O)Nc1ccc(Br)cc1. The average Bonchev–Trinajstić information content (AvgIpc) is 2.54. The fraction of sp³-hybridized carbons (Fsp3) is 0.300. The van der Waals surface area contributed by atoms with E-state index in [-0.39, 0.29) is 18.4 Å². The molecule has 0 atom stereocenters. The first-order valence-electron chi connectivity index (χ1n) is 8.36. The molecule has 2 N–H and O–H groups in total. The van der Waals surface area contributed by atoms with Crippen LogP contribution in [0.15, 0.2) is 53.0 Å². The van der Waals surface area contributed by atoms with Crippen molar-refractivity contribution in [1.82, 2.24) is 0 Å². The van der Waals surface area contributed by atoms with Crippen molar-refractivity contribution in [3.05, 3.63) is 58.6 Å². The molecule has 0 spiro atoms. The number of nitrogens with one attached hydrogen (secondary N) is 2. The molecule has 6 heteroatoms. The van der Waals surface area contributed by atoms with E-state index < -0.39 is 5.60 Å². The summed E-state index contributed by atoms with van der Waals surface area (Å²) < 4.78 is 6.27. The number of urea groups is 1. The maximum atomic E-state index is 12.2. The number of hydrogen-bond donors (Lipinski definition) is 2. The van der Waals surface area contributed by atoms with Gasteiger partial charge in [-0.25, -0.2) is 4.79 Å². The Hall–Kier alpha value is -2.34. The van der Waals surface area contributed by atoms with Crippen LogP contribution < -0.4 is 10.6 Å². The zero-order valence-electron chi connectivity index (χ0n) is 15.1. The van der Waals surface area contributed by atoms with Crippen LogP contribution in [0.25, 0.3) is 0 Å². The van der Waals surface area contributed by atoms with Gasteiger partial charge in [-0.05, 0) is 63.1 Å². The van der Waals surface area contributed by atoms with Crippen LogP contribution in [0.5, 0.6) is 0 Å². The number of anilines is 2. The minimum absolute atomic E-state index is 0.254. The van der Waals surface area contributed by atoms with E-state index in [1.807, 2.05) is 57.2 Å². The van der Waals surface area contributed by atoms with Crippen LogP contribution in [-0.4, -0.2) is 17.6 Å². The predicted octanol–water partition coefficient (Wildman–Crippen LogP) is 5.37. The van der Waals surface area contributed by atoms with Gasteiger partial charge >= 0.3 is 12.0 Å². The topological polar surface area (TPSA) is 67.4 Å². The largest absolute Gasteiger partial charge is 0.460 e. The maximum absolute atomic E-state index is 12.2. The molecule has 26 heavy (non-hydrogen) atoms. The van der Waals surface area contributed by atoms with E-state index in [0.29, 0.717) is 17.8 Å². The van der Waals surface area contributed by atoms with Gasteiger partial charge in [-0.3, -0.25) is 4.79 Å². The highest BCUT2D eigenvalue weighted by Crippen LogP contribution is 2.19. The van der Waals surface area contributed by atoms with Crippen LogP contribution >= 0.6 is 15.9 Å². The van der Waals surface area contributed by atoms with Gasteiger partial charge in [0, 0.05) is 22.3 Å². The van der Waals surface area contributed by atoms with Crippen LogP contribution in [0.2, 0.25) is 0 Å². The van der Waals surface area contributed by atoms with Crippen molar-refractivity contribution in [2.45, 2.75) is 39.2 Å². The van der Waals surface area contributed by atoms with Crippen LogP contribution in [0.4, 0.5) is 16.2 Å². The Balaban J connectivity index is 1.96. The van der Waals surface area contributed by atoms with Crippen LogP contribution in [-0.2, 0) is 16.0 Å². The number of esters is 1. The summed E-state index contributed by atoms with van der Waals surface area (Å²) in [6, 6.07) is 14.4. The van der Waals surface area contributed by atoms with Crippen molar-refractivity contribution in [1.29, 1.82) is 0 Å². The van der Waals surface area contributed by atoms with E-state index in [1.54, 1.807) is 12.1 Å². The van der Waals surface area contributed by atoms with Gasteiger partial charge in [-0.1, -0.05) is 34.1 Å².